The minimum Gasteiger partial charge on any atom is -0.384 e. The van der Waals surface area contributed by atoms with E-state index in [0.29, 0.717) is 11.5 Å². The number of nitrogens with one attached hydrogen (secondary N) is 2. The number of nitro benzene ring substituents is 1. The number of benzene rings is 2. The smallest absolute Gasteiger partial charge is 0.294 e. The topological polar surface area (TPSA) is 93.2 Å². The van der Waals surface area contributed by atoms with Gasteiger partial charge in [-0.05, 0) is 17.7 Å². The van der Waals surface area contributed by atoms with Crippen LogP contribution in [-0.4, -0.2) is 4.92 Å². The maximum atomic E-state index is 10.8. The molecule has 0 atom stereocenters. The van der Waals surface area contributed by atoms with Crippen LogP contribution in [0.3, 0.4) is 0 Å². The van der Waals surface area contributed by atoms with Gasteiger partial charge in [-0.2, -0.15) is 0 Å². The van der Waals surface area contributed by atoms with Gasteiger partial charge >= 0.3 is 0 Å². The zero-order chi connectivity index (χ0) is 14.4. The molecule has 6 heteroatoms. The van der Waals surface area contributed by atoms with Crippen molar-refractivity contribution in [1.29, 1.82) is 0 Å². The molecule has 4 N–H and O–H groups in total. The van der Waals surface area contributed by atoms with Crippen LogP contribution in [-0.2, 0) is 0 Å². The molecule has 2 aromatic rings. The Morgan fingerprint density at radius 1 is 1.10 bits per heavy atom. The number of nitrogens with two attached hydrogens (primary N) is 1. The van der Waals surface area contributed by atoms with Crippen molar-refractivity contribution < 1.29 is 4.92 Å². The van der Waals surface area contributed by atoms with Crippen LogP contribution < -0.4 is 16.6 Å². The van der Waals surface area contributed by atoms with Crippen LogP contribution in [0.15, 0.2) is 60.4 Å². The lowest BCUT2D eigenvalue weighted by molar-refractivity contribution is -0.384. The van der Waals surface area contributed by atoms with Crippen molar-refractivity contribution in [3.8, 4) is 0 Å². The molecular formula is C14H14N4O2. The molecule has 2 rings (SSSR count). The van der Waals surface area contributed by atoms with Crippen molar-refractivity contribution in [3.63, 3.8) is 0 Å². The van der Waals surface area contributed by atoms with Gasteiger partial charge in [0.1, 0.15) is 11.5 Å². The Morgan fingerprint density at radius 2 is 1.75 bits per heavy atom. The molecule has 2 aromatic carbocycles. The fourth-order valence-electron chi connectivity index (χ4n) is 1.64. The van der Waals surface area contributed by atoms with Crippen molar-refractivity contribution in [2.24, 2.45) is 5.73 Å². The van der Waals surface area contributed by atoms with Gasteiger partial charge in [-0.3, -0.25) is 21.0 Å². The van der Waals surface area contributed by atoms with E-state index in [4.69, 9.17) is 5.73 Å². The summed E-state index contributed by atoms with van der Waals surface area (Å²) in [5.41, 5.74) is 12.5. The molecule has 0 amide bonds. The molecule has 0 aliphatic rings. The van der Waals surface area contributed by atoms with Crippen LogP contribution >= 0.6 is 0 Å². The van der Waals surface area contributed by atoms with E-state index < -0.39 is 4.92 Å². The molecule has 6 nitrogen and oxygen atoms in total. The number of hydrogen-bond donors (Lipinski definition) is 3. The van der Waals surface area contributed by atoms with Crippen molar-refractivity contribution in [2.45, 2.75) is 0 Å². The monoisotopic (exact) mass is 270 g/mol. The lowest BCUT2D eigenvalue weighted by Crippen LogP contribution is -2.26. The van der Waals surface area contributed by atoms with Gasteiger partial charge in [-0.1, -0.05) is 42.5 Å². The zero-order valence-electron chi connectivity index (χ0n) is 10.6. The van der Waals surface area contributed by atoms with Crippen LogP contribution in [0.5, 0.6) is 0 Å². The standard InChI is InChI=1S/C14H14N4O2/c15-14(10-11-6-2-1-3-7-11)17-16-12-8-4-5-9-13(12)18(19)20/h1-10,16-17H,15H2/b14-10+. The summed E-state index contributed by atoms with van der Waals surface area (Å²) in [7, 11) is 0. The van der Waals surface area contributed by atoms with Crippen LogP contribution in [0.2, 0.25) is 0 Å². The average molecular weight is 270 g/mol. The lowest BCUT2D eigenvalue weighted by Gasteiger charge is -2.10. The highest BCUT2D eigenvalue weighted by atomic mass is 16.6. The van der Waals surface area contributed by atoms with E-state index >= 15 is 0 Å². The highest BCUT2D eigenvalue weighted by Crippen LogP contribution is 2.22. The Bertz CT molecular complexity index is 626. The molecule has 0 unspecified atom stereocenters. The Kier molecular flexibility index (Phi) is 4.18. The second-order valence-electron chi connectivity index (χ2n) is 4.03. The van der Waals surface area contributed by atoms with Gasteiger partial charge in [0.25, 0.3) is 5.69 Å². The van der Waals surface area contributed by atoms with Gasteiger partial charge in [0.2, 0.25) is 0 Å². The van der Waals surface area contributed by atoms with Crippen molar-refractivity contribution in [2.75, 3.05) is 5.43 Å². The fourth-order valence-corrected chi connectivity index (χ4v) is 1.64. The molecule has 0 heterocycles. The molecule has 0 aromatic heterocycles. The van der Waals surface area contributed by atoms with Gasteiger partial charge in [0, 0.05) is 6.07 Å². The third kappa shape index (κ3) is 3.49. The maximum absolute atomic E-state index is 10.8. The van der Waals surface area contributed by atoms with Gasteiger partial charge in [-0.25, -0.2) is 0 Å². The van der Waals surface area contributed by atoms with E-state index in [-0.39, 0.29) is 5.69 Å². The summed E-state index contributed by atoms with van der Waals surface area (Å²) in [6, 6.07) is 15.8. The Hall–Kier alpha value is -3.02. The Balaban J connectivity index is 2.06. The minimum absolute atomic E-state index is 0.0208. The first kappa shape index (κ1) is 13.4. The van der Waals surface area contributed by atoms with Gasteiger partial charge < -0.3 is 5.73 Å². The predicted octanol–water partition coefficient (Wildman–Crippen LogP) is 2.47. The first-order chi connectivity index (χ1) is 9.66. The van der Waals surface area contributed by atoms with E-state index in [2.05, 4.69) is 10.9 Å². The van der Waals surface area contributed by atoms with Crippen LogP contribution in [0.25, 0.3) is 6.08 Å². The average Bonchev–Trinajstić information content (AvgIpc) is 2.46. The Labute approximate surface area is 116 Å². The van der Waals surface area contributed by atoms with Crippen molar-refractivity contribution >= 4 is 17.5 Å². The van der Waals surface area contributed by atoms with Gasteiger partial charge in [0.05, 0.1) is 4.92 Å². The first-order valence-corrected chi connectivity index (χ1v) is 5.94. The van der Waals surface area contributed by atoms with E-state index in [1.54, 1.807) is 24.3 Å². The maximum Gasteiger partial charge on any atom is 0.294 e. The number of rotatable bonds is 5. The highest BCUT2D eigenvalue weighted by molar-refractivity contribution is 5.61. The predicted molar refractivity (Wildman–Crippen MR) is 78.5 cm³/mol. The number of nitro groups is 1. The summed E-state index contributed by atoms with van der Waals surface area (Å²) in [5, 5.41) is 10.8. The molecule has 0 bridgehead atoms. The summed E-state index contributed by atoms with van der Waals surface area (Å²) in [4.78, 5) is 10.4. The second kappa shape index (κ2) is 6.24. The van der Waals surface area contributed by atoms with E-state index in [1.165, 1.54) is 6.07 Å². The second-order valence-corrected chi connectivity index (χ2v) is 4.03. The molecule has 102 valence electrons. The van der Waals surface area contributed by atoms with Crippen molar-refractivity contribution in [3.05, 3.63) is 76.1 Å². The van der Waals surface area contributed by atoms with E-state index in [1.807, 2.05) is 30.3 Å². The summed E-state index contributed by atoms with van der Waals surface area (Å²) in [5.74, 6) is 0.356. The van der Waals surface area contributed by atoms with E-state index in [9.17, 15) is 10.1 Å². The number of hydrazine groups is 1. The van der Waals surface area contributed by atoms with Crippen molar-refractivity contribution in [1.82, 2.24) is 5.43 Å². The molecule has 0 fully saturated rings. The Morgan fingerprint density at radius 3 is 2.45 bits per heavy atom. The molecule has 0 spiro atoms. The first-order valence-electron chi connectivity index (χ1n) is 5.94. The number of anilines is 1. The molecule has 0 saturated heterocycles. The summed E-state index contributed by atoms with van der Waals surface area (Å²) >= 11 is 0. The van der Waals surface area contributed by atoms with Gasteiger partial charge in [0.15, 0.2) is 0 Å². The lowest BCUT2D eigenvalue weighted by atomic mass is 10.2. The summed E-state index contributed by atoms with van der Waals surface area (Å²) < 4.78 is 0. The molecule has 0 radical (unpaired) electrons. The summed E-state index contributed by atoms with van der Waals surface area (Å²) in [6.07, 6.45) is 1.72. The fraction of sp³-hybridized carbons (Fsp3) is 0. The van der Waals surface area contributed by atoms with Crippen LogP contribution in [0.1, 0.15) is 5.56 Å². The third-order valence-electron chi connectivity index (χ3n) is 2.56. The molecule has 0 aliphatic carbocycles. The quantitative estimate of drug-likeness (QED) is 0.573. The zero-order valence-corrected chi connectivity index (χ0v) is 10.6. The molecular weight excluding hydrogens is 256 g/mol. The molecule has 0 aliphatic heterocycles. The highest BCUT2D eigenvalue weighted by Gasteiger charge is 2.11. The summed E-state index contributed by atoms with van der Waals surface area (Å²) in [6.45, 7) is 0. The van der Waals surface area contributed by atoms with Crippen LogP contribution in [0.4, 0.5) is 11.4 Å². The number of nitrogens with zero attached hydrogens (tertiary/aromatic N) is 1. The third-order valence-corrected chi connectivity index (χ3v) is 2.56. The molecule has 0 saturated carbocycles. The largest absolute Gasteiger partial charge is 0.384 e. The minimum atomic E-state index is -0.457. The van der Waals surface area contributed by atoms with Gasteiger partial charge in [-0.15, -0.1) is 0 Å². The SMILES string of the molecule is N/C(=C\c1ccccc1)NNc1ccccc1[N+](=O)[O-]. The van der Waals surface area contributed by atoms with Crippen LogP contribution in [0, 0.1) is 10.1 Å². The van der Waals surface area contributed by atoms with E-state index in [0.717, 1.165) is 5.56 Å². The number of hydrogen-bond acceptors (Lipinski definition) is 5. The molecule has 20 heavy (non-hydrogen) atoms. The normalized spacial score (nSPS) is 10.9. The number of para-hydroxylation sites is 2.